The van der Waals surface area contributed by atoms with Gasteiger partial charge in [-0.15, -0.1) is 0 Å². The average Bonchev–Trinajstić information content (AvgIpc) is 3.32. The monoisotopic (exact) mass is 1040 g/mol. The Kier molecular flexibility index (Phi) is 22.2. The molecule has 1 aromatic carbocycles. The predicted octanol–water partition coefficient (Wildman–Crippen LogP) is 3.40. The maximum absolute atomic E-state index is 14.1. The molecule has 2 heterocycles. The molecule has 1 aromatic rings. The molecule has 1 saturated heterocycles. The number of aliphatic hydroxyl groups is 2. The van der Waals surface area contributed by atoms with Crippen LogP contribution in [0.5, 0.6) is 5.75 Å². The van der Waals surface area contributed by atoms with E-state index in [0.717, 1.165) is 11.1 Å². The van der Waals surface area contributed by atoms with E-state index in [9.17, 15) is 43.8 Å². The van der Waals surface area contributed by atoms with Crippen LogP contribution in [-0.4, -0.2) is 147 Å². The molecule has 4 rings (SSSR count). The topological polar surface area (TPSA) is 290 Å². The van der Waals surface area contributed by atoms with E-state index in [0.29, 0.717) is 40.6 Å². The second kappa shape index (κ2) is 27.2. The Balaban J connectivity index is 1.55. The molecular formula is C51H75ClN8O13. The summed E-state index contributed by atoms with van der Waals surface area (Å²) in [6.45, 7) is 10.4. The molecule has 21 nitrogen and oxygen atoms in total. The molecule has 3 aliphatic rings. The lowest BCUT2D eigenvalue weighted by Gasteiger charge is -2.41. The molecule has 2 aliphatic heterocycles. The van der Waals surface area contributed by atoms with E-state index in [1.807, 2.05) is 37.1 Å². The van der Waals surface area contributed by atoms with Crippen LogP contribution in [0.4, 0.5) is 15.3 Å². The van der Waals surface area contributed by atoms with Gasteiger partial charge in [-0.25, -0.2) is 14.4 Å². The van der Waals surface area contributed by atoms with Gasteiger partial charge in [0.1, 0.15) is 47.2 Å². The number of primary amides is 1. The van der Waals surface area contributed by atoms with Gasteiger partial charge in [0, 0.05) is 77.7 Å². The van der Waals surface area contributed by atoms with Gasteiger partial charge in [-0.1, -0.05) is 62.2 Å². The van der Waals surface area contributed by atoms with Crippen molar-refractivity contribution >= 4 is 59.0 Å². The van der Waals surface area contributed by atoms with Crippen molar-refractivity contribution in [1.29, 1.82) is 0 Å². The Morgan fingerprint density at radius 1 is 1.07 bits per heavy atom. The van der Waals surface area contributed by atoms with Crippen molar-refractivity contribution in [2.45, 2.75) is 141 Å². The lowest BCUT2D eigenvalue weighted by atomic mass is 9.88. The number of esters is 1. The summed E-state index contributed by atoms with van der Waals surface area (Å²) in [4.78, 5) is 93.9. The standard InChI is InChI=1S/C51H75ClN8O13/c1-28(2)44(55-32(6)61)46(64)57-37(14-12-21-54-49(53)67)45(63)56-35-18-16-34(17-19-35)47(65)60(8)31(5)48(66)73-40-20-22-59(7)38-24-33(25-41(70-9)43(38)52)23-29(3)13-11-15-42(71-10)51(69)27-36(72-50(68)58-51)26-39(62)30(40)4/h11,13,15-16,18,24-25,28,30-31,36-37,39-40,42,44,62,69H,12,14,17,19-23,26-27H2,1-10H3,(H,55,61)(H,56,63)(H,57,64)(H,58,68)(H3,53,54,67)/b15-11+,29-13+/t30-,31-,36+,37?,39-,40-,42+,44-,51-/m0/s1. The fourth-order valence-electron chi connectivity index (χ4n) is 8.79. The van der Waals surface area contributed by atoms with Crippen molar-refractivity contribution in [3.8, 4) is 5.75 Å². The lowest BCUT2D eigenvalue weighted by molar-refractivity contribution is -0.163. The molecule has 73 heavy (non-hydrogen) atoms. The van der Waals surface area contributed by atoms with Crippen molar-refractivity contribution in [3.05, 3.63) is 69.9 Å². The first-order chi connectivity index (χ1) is 34.4. The van der Waals surface area contributed by atoms with Crippen LogP contribution >= 0.6 is 11.6 Å². The van der Waals surface area contributed by atoms with Crippen LogP contribution in [0.1, 0.15) is 92.1 Å². The summed E-state index contributed by atoms with van der Waals surface area (Å²) < 4.78 is 23.0. The van der Waals surface area contributed by atoms with Gasteiger partial charge in [-0.3, -0.25) is 24.5 Å². The Morgan fingerprint density at radius 3 is 2.40 bits per heavy atom. The minimum absolute atomic E-state index is 0.121. The number of rotatable bonds is 16. The number of halogens is 1. The first kappa shape index (κ1) is 59.4. The molecule has 7 amide bonds. The van der Waals surface area contributed by atoms with Gasteiger partial charge < -0.3 is 66.0 Å². The Morgan fingerprint density at radius 2 is 1.78 bits per heavy atom. The number of amides is 7. The van der Waals surface area contributed by atoms with E-state index in [1.54, 1.807) is 45.1 Å². The van der Waals surface area contributed by atoms with Crippen molar-refractivity contribution in [2.75, 3.05) is 46.3 Å². The van der Waals surface area contributed by atoms with Gasteiger partial charge >= 0.3 is 18.1 Å². The summed E-state index contributed by atoms with van der Waals surface area (Å²) in [6.07, 6.45) is 4.60. The third-order valence-corrected chi connectivity index (χ3v) is 13.7. The number of nitrogens with zero attached hydrogens (tertiary/aromatic N) is 2. The first-order valence-electron chi connectivity index (χ1n) is 24.5. The number of carbonyl (C=O) groups is 7. The SMILES string of the molecule is COc1cc2cc(c1Cl)N(C)CC[C@H](OC(=O)[C@H](C)N(C)C(=O)C1=CC=C(NC(=O)C(CCCNC(N)=O)NC(=O)[C@@H](NC(C)=O)C(C)C)CC1)[C@@H](C)[C@@H](O)C[C@@H]1C[C@@](O)(NC(=O)O1)[C@H](OC)/C=C/C=C(\C)C2. The zero-order valence-corrected chi connectivity index (χ0v) is 44.3. The number of nitrogens with one attached hydrogen (secondary N) is 5. The number of carbonyl (C=O) groups excluding carboxylic acids is 7. The van der Waals surface area contributed by atoms with Gasteiger partial charge in [0.15, 0.2) is 5.72 Å². The minimum Gasteiger partial charge on any atom is -0.495 e. The van der Waals surface area contributed by atoms with Crippen LogP contribution in [0.2, 0.25) is 5.02 Å². The quantitative estimate of drug-likeness (QED) is 0.0871. The number of urea groups is 1. The Bertz CT molecular complexity index is 2300. The molecule has 9 atom stereocenters. The summed E-state index contributed by atoms with van der Waals surface area (Å²) in [5.41, 5.74) is 6.60. The molecular weight excluding hydrogens is 968 g/mol. The van der Waals surface area contributed by atoms with E-state index in [-0.39, 0.29) is 57.5 Å². The van der Waals surface area contributed by atoms with Crippen molar-refractivity contribution in [1.82, 2.24) is 31.5 Å². The van der Waals surface area contributed by atoms with Crippen LogP contribution in [0, 0.1) is 11.8 Å². The second-order valence-corrected chi connectivity index (χ2v) is 19.8. The van der Waals surface area contributed by atoms with E-state index >= 15 is 0 Å². The summed E-state index contributed by atoms with van der Waals surface area (Å²) in [6, 6.07) is -0.00980. The molecule has 1 unspecified atom stereocenters. The molecule has 0 radical (unpaired) electrons. The highest BCUT2D eigenvalue weighted by atomic mass is 35.5. The van der Waals surface area contributed by atoms with Crippen LogP contribution in [0.25, 0.3) is 0 Å². The highest BCUT2D eigenvalue weighted by Crippen LogP contribution is 2.37. The molecule has 1 aliphatic carbocycles. The third-order valence-electron chi connectivity index (χ3n) is 13.3. The number of likely N-dealkylation sites (N-methyl/N-ethyl adjacent to an activating group) is 1. The Hall–Kier alpha value is -6.16. The van der Waals surface area contributed by atoms with E-state index in [4.69, 9.17) is 36.3 Å². The summed E-state index contributed by atoms with van der Waals surface area (Å²) in [7, 11) is 6.22. The van der Waals surface area contributed by atoms with Gasteiger partial charge in [0.2, 0.25) is 23.6 Å². The van der Waals surface area contributed by atoms with Crippen LogP contribution < -0.4 is 42.0 Å². The Labute approximate surface area is 432 Å². The maximum Gasteiger partial charge on any atom is 0.409 e. The van der Waals surface area contributed by atoms with Crippen molar-refractivity contribution < 1.29 is 62.7 Å². The number of hydrogen-bond donors (Lipinski definition) is 8. The van der Waals surface area contributed by atoms with Crippen molar-refractivity contribution in [2.24, 2.45) is 17.6 Å². The van der Waals surface area contributed by atoms with Crippen molar-refractivity contribution in [3.63, 3.8) is 0 Å². The number of benzene rings is 1. The molecule has 4 bridgehead atoms. The number of anilines is 1. The lowest BCUT2D eigenvalue weighted by Crippen LogP contribution is -2.62. The highest BCUT2D eigenvalue weighted by molar-refractivity contribution is 6.34. The second-order valence-electron chi connectivity index (χ2n) is 19.4. The average molecular weight is 1040 g/mol. The van der Waals surface area contributed by atoms with Crippen LogP contribution in [0.3, 0.4) is 0 Å². The zero-order valence-electron chi connectivity index (χ0n) is 43.5. The van der Waals surface area contributed by atoms with Gasteiger partial charge in [-0.05, 0) is 75.6 Å². The summed E-state index contributed by atoms with van der Waals surface area (Å²) >= 11 is 6.87. The van der Waals surface area contributed by atoms with E-state index in [2.05, 4.69) is 26.6 Å². The molecule has 0 aromatic heterocycles. The molecule has 0 spiro atoms. The zero-order chi connectivity index (χ0) is 54.3. The summed E-state index contributed by atoms with van der Waals surface area (Å²) in [5.74, 6) is -3.33. The number of nitrogens with two attached hydrogens (primary N) is 1. The predicted molar refractivity (Wildman–Crippen MR) is 273 cm³/mol. The molecule has 1 fully saturated rings. The first-order valence-corrected chi connectivity index (χ1v) is 24.9. The fraction of sp³-hybridized carbons (Fsp3) is 0.588. The maximum atomic E-state index is 14.1. The third kappa shape index (κ3) is 16.9. The minimum atomic E-state index is -1.89. The molecule has 22 heteroatoms. The highest BCUT2D eigenvalue weighted by Gasteiger charge is 2.46. The summed E-state index contributed by atoms with van der Waals surface area (Å²) in [5, 5.41) is 36.9. The van der Waals surface area contributed by atoms with Crippen LogP contribution in [0.15, 0.2) is 59.4 Å². The molecule has 404 valence electrons. The number of fused-ring (bicyclic) bond motifs is 4. The van der Waals surface area contributed by atoms with Crippen LogP contribution in [-0.2, 0) is 44.6 Å². The van der Waals surface area contributed by atoms with Gasteiger partial charge in [0.25, 0.3) is 0 Å². The number of allylic oxidation sites excluding steroid dienone is 6. The number of alkyl carbamates (subject to hydrolysis) is 1. The molecule has 9 N–H and O–H groups in total. The molecule has 0 saturated carbocycles. The number of hydrogen-bond acceptors (Lipinski definition) is 14. The smallest absolute Gasteiger partial charge is 0.409 e. The fourth-order valence-corrected chi connectivity index (χ4v) is 9.13. The van der Waals surface area contributed by atoms with E-state index < -0.39 is 95.9 Å². The number of aliphatic hydroxyl groups excluding tert-OH is 1. The van der Waals surface area contributed by atoms with Gasteiger partial charge in [-0.2, -0.15) is 0 Å². The number of ether oxygens (including phenoxy) is 4. The largest absolute Gasteiger partial charge is 0.495 e. The normalized spacial score (nSPS) is 25.1. The van der Waals surface area contributed by atoms with Gasteiger partial charge in [0.05, 0.1) is 18.9 Å². The number of methoxy groups -OCH3 is 2. The van der Waals surface area contributed by atoms with E-state index in [1.165, 1.54) is 40.0 Å².